The number of fused-ring (bicyclic) bond motifs is 1. The van der Waals surface area contributed by atoms with Crippen LogP contribution in [-0.4, -0.2) is 57.2 Å². The van der Waals surface area contributed by atoms with Gasteiger partial charge < -0.3 is 25.6 Å². The monoisotopic (exact) mass is 524 g/mol. The number of halogens is 2. The molecule has 0 spiro atoms. The lowest BCUT2D eigenvalue weighted by Gasteiger charge is -2.36. The van der Waals surface area contributed by atoms with Crippen LogP contribution < -0.4 is 15.8 Å². The Morgan fingerprint density at radius 2 is 1.92 bits per heavy atom. The summed E-state index contributed by atoms with van der Waals surface area (Å²) in [6.07, 6.45) is 5.92. The number of anilines is 2. The maximum Gasteiger partial charge on any atom is 0.229 e. The first-order valence-corrected chi connectivity index (χ1v) is 12.5. The maximum atomic E-state index is 15.0. The number of aliphatic hydroxyl groups excluding tert-OH is 1. The van der Waals surface area contributed by atoms with Crippen LogP contribution in [0.1, 0.15) is 31.2 Å². The van der Waals surface area contributed by atoms with Crippen molar-refractivity contribution in [1.82, 2.24) is 19.6 Å². The van der Waals surface area contributed by atoms with Crippen LogP contribution >= 0.6 is 0 Å². The summed E-state index contributed by atoms with van der Waals surface area (Å²) >= 11 is 0. The van der Waals surface area contributed by atoms with Crippen LogP contribution in [0.4, 0.5) is 20.4 Å². The van der Waals surface area contributed by atoms with E-state index in [1.165, 1.54) is 11.6 Å². The van der Waals surface area contributed by atoms with Crippen molar-refractivity contribution >= 4 is 17.2 Å². The summed E-state index contributed by atoms with van der Waals surface area (Å²) in [4.78, 5) is 8.69. The fourth-order valence-electron chi connectivity index (χ4n) is 5.04. The van der Waals surface area contributed by atoms with Gasteiger partial charge in [0.05, 0.1) is 47.6 Å². The molecule has 1 aliphatic carbocycles. The Kier molecular flexibility index (Phi) is 7.50. The van der Waals surface area contributed by atoms with E-state index < -0.39 is 17.7 Å². The summed E-state index contributed by atoms with van der Waals surface area (Å²) in [6, 6.07) is 7.10. The largest absolute Gasteiger partial charge is 0.491 e. The Bertz CT molecular complexity index is 1400. The standard InChI is InChI=1S/C27H30F2N6O3/c1-15-9-16(10-22(30)26(15)36)19-5-6-31-14-24(19)33-27-32-13-17-3-4-23(34-35(17)27)25-20(28)11-18(12-21(25)29)38-8-7-37-2/h3-6,11-16,22,26,36H,7-10,30H2,1-2H3,(H,32,33)/t15-,16+,22+,26-/m0/s1. The average Bonchev–Trinajstić information content (AvgIpc) is 3.29. The van der Waals surface area contributed by atoms with E-state index in [1.54, 1.807) is 30.7 Å². The Morgan fingerprint density at radius 3 is 2.66 bits per heavy atom. The van der Waals surface area contributed by atoms with Crippen molar-refractivity contribution < 1.29 is 23.4 Å². The van der Waals surface area contributed by atoms with Crippen LogP contribution in [-0.2, 0) is 4.74 Å². The predicted molar refractivity (Wildman–Crippen MR) is 138 cm³/mol. The second kappa shape index (κ2) is 11.0. The zero-order valence-corrected chi connectivity index (χ0v) is 21.1. The van der Waals surface area contributed by atoms with Crippen LogP contribution in [0.2, 0.25) is 0 Å². The number of hydrogen-bond donors (Lipinski definition) is 3. The molecular formula is C27H30F2N6O3. The smallest absolute Gasteiger partial charge is 0.229 e. The summed E-state index contributed by atoms with van der Waals surface area (Å²) < 4.78 is 41.7. The van der Waals surface area contributed by atoms with Gasteiger partial charge >= 0.3 is 0 Å². The number of nitrogens with two attached hydrogens (primary N) is 1. The van der Waals surface area contributed by atoms with Gasteiger partial charge in [-0.1, -0.05) is 6.92 Å². The van der Waals surface area contributed by atoms with E-state index in [-0.39, 0.29) is 41.5 Å². The molecule has 4 atom stereocenters. The number of benzene rings is 1. The van der Waals surface area contributed by atoms with Crippen molar-refractivity contribution in [3.8, 4) is 17.0 Å². The highest BCUT2D eigenvalue weighted by molar-refractivity contribution is 5.66. The average molecular weight is 525 g/mol. The number of methoxy groups -OCH3 is 1. The van der Waals surface area contributed by atoms with Crippen molar-refractivity contribution in [1.29, 1.82) is 0 Å². The highest BCUT2D eigenvalue weighted by Crippen LogP contribution is 2.39. The zero-order chi connectivity index (χ0) is 26.8. The van der Waals surface area contributed by atoms with Crippen LogP contribution in [0.3, 0.4) is 0 Å². The molecule has 0 saturated heterocycles. The molecule has 3 aromatic heterocycles. The molecule has 5 rings (SSSR count). The number of aliphatic hydroxyl groups is 1. The fourth-order valence-corrected chi connectivity index (χ4v) is 5.04. The molecule has 1 saturated carbocycles. The normalized spacial score (nSPS) is 21.5. The first-order valence-electron chi connectivity index (χ1n) is 12.5. The molecule has 4 aromatic rings. The highest BCUT2D eigenvalue weighted by atomic mass is 19.1. The van der Waals surface area contributed by atoms with Gasteiger partial charge in [0.15, 0.2) is 0 Å². The van der Waals surface area contributed by atoms with E-state index in [9.17, 15) is 13.9 Å². The molecule has 3 heterocycles. The van der Waals surface area contributed by atoms with Gasteiger partial charge in [-0.25, -0.2) is 13.8 Å². The number of hydrogen-bond acceptors (Lipinski definition) is 8. The number of imidazole rings is 1. The number of pyridine rings is 1. The zero-order valence-electron chi connectivity index (χ0n) is 21.1. The third kappa shape index (κ3) is 5.17. The molecule has 11 heteroatoms. The van der Waals surface area contributed by atoms with E-state index in [2.05, 4.69) is 20.4 Å². The van der Waals surface area contributed by atoms with Gasteiger partial charge in [-0.15, -0.1) is 0 Å². The van der Waals surface area contributed by atoms with E-state index in [0.717, 1.165) is 29.8 Å². The van der Waals surface area contributed by atoms with Crippen molar-refractivity contribution in [3.63, 3.8) is 0 Å². The summed E-state index contributed by atoms with van der Waals surface area (Å²) in [5, 5.41) is 18.1. The number of rotatable bonds is 8. The second-order valence-electron chi connectivity index (χ2n) is 9.63. The Hall–Kier alpha value is -3.67. The van der Waals surface area contributed by atoms with Gasteiger partial charge in [-0.3, -0.25) is 4.98 Å². The van der Waals surface area contributed by atoms with Crippen molar-refractivity contribution in [3.05, 3.63) is 66.1 Å². The van der Waals surface area contributed by atoms with Crippen LogP contribution in [0.15, 0.2) is 48.9 Å². The Labute approximate surface area is 218 Å². The van der Waals surface area contributed by atoms with Crippen molar-refractivity contribution in [2.24, 2.45) is 11.7 Å². The lowest BCUT2D eigenvalue weighted by atomic mass is 9.74. The topological polar surface area (TPSA) is 120 Å². The first kappa shape index (κ1) is 26.0. The van der Waals surface area contributed by atoms with Crippen LogP contribution in [0.25, 0.3) is 16.8 Å². The van der Waals surface area contributed by atoms with Crippen molar-refractivity contribution in [2.45, 2.75) is 37.8 Å². The van der Waals surface area contributed by atoms with Crippen molar-refractivity contribution in [2.75, 3.05) is 25.6 Å². The molecule has 0 aliphatic heterocycles. The van der Waals surface area contributed by atoms with Gasteiger partial charge in [-0.05, 0) is 48.4 Å². The lowest BCUT2D eigenvalue weighted by Crippen LogP contribution is -2.44. The van der Waals surface area contributed by atoms with Gasteiger partial charge in [0, 0.05) is 31.5 Å². The second-order valence-corrected chi connectivity index (χ2v) is 9.63. The maximum absolute atomic E-state index is 15.0. The molecule has 0 amide bonds. The number of nitrogens with zero attached hydrogens (tertiary/aromatic N) is 4. The molecule has 38 heavy (non-hydrogen) atoms. The minimum Gasteiger partial charge on any atom is -0.491 e. The van der Waals surface area contributed by atoms with Crippen LogP contribution in [0.5, 0.6) is 5.75 Å². The molecule has 1 aromatic carbocycles. The van der Waals surface area contributed by atoms with Crippen LogP contribution in [0, 0.1) is 17.6 Å². The minimum absolute atomic E-state index is 0.0582. The molecule has 0 bridgehead atoms. The van der Waals surface area contributed by atoms with E-state index in [0.29, 0.717) is 24.5 Å². The van der Waals surface area contributed by atoms with E-state index >= 15 is 0 Å². The van der Waals surface area contributed by atoms with Gasteiger partial charge in [-0.2, -0.15) is 9.61 Å². The fraction of sp³-hybridized carbons (Fsp3) is 0.370. The van der Waals surface area contributed by atoms with E-state index in [1.807, 2.05) is 13.0 Å². The molecule has 4 N–H and O–H groups in total. The third-order valence-corrected chi connectivity index (χ3v) is 6.99. The number of nitrogens with one attached hydrogen (secondary N) is 1. The number of aromatic nitrogens is 4. The molecule has 1 aliphatic rings. The Morgan fingerprint density at radius 1 is 1.13 bits per heavy atom. The highest BCUT2D eigenvalue weighted by Gasteiger charge is 2.34. The van der Waals surface area contributed by atoms with Gasteiger partial charge in [0.1, 0.15) is 24.0 Å². The summed E-state index contributed by atoms with van der Waals surface area (Å²) in [5.41, 5.74) is 8.41. The summed E-state index contributed by atoms with van der Waals surface area (Å²) in [7, 11) is 1.51. The lowest BCUT2D eigenvalue weighted by molar-refractivity contribution is 0.0521. The molecule has 9 nitrogen and oxygen atoms in total. The Balaban J connectivity index is 1.45. The van der Waals surface area contributed by atoms with Gasteiger partial charge in [0.2, 0.25) is 5.95 Å². The molecule has 0 radical (unpaired) electrons. The predicted octanol–water partition coefficient (Wildman–Crippen LogP) is 4.04. The summed E-state index contributed by atoms with van der Waals surface area (Å²) in [5.74, 6) is -0.971. The molecule has 1 fully saturated rings. The molecule has 0 unspecified atom stereocenters. The molecular weight excluding hydrogens is 494 g/mol. The van der Waals surface area contributed by atoms with Gasteiger partial charge in [0.25, 0.3) is 0 Å². The third-order valence-electron chi connectivity index (χ3n) is 6.99. The first-order chi connectivity index (χ1) is 18.4. The number of ether oxygens (including phenoxy) is 2. The summed E-state index contributed by atoms with van der Waals surface area (Å²) in [6.45, 7) is 2.47. The van der Waals surface area contributed by atoms with E-state index in [4.69, 9.17) is 15.2 Å². The SMILES string of the molecule is COCCOc1cc(F)c(-c2ccc3cnc(Nc4cnccc4[C@H]4C[C@@H](N)[C@@H](O)[C@@H](C)C4)n3n2)c(F)c1. The minimum atomic E-state index is -0.793. The quantitative estimate of drug-likeness (QED) is 0.296. The molecule has 200 valence electrons.